The maximum absolute atomic E-state index is 11.9. The molecule has 0 aromatic carbocycles. The fraction of sp³-hybridized carbons (Fsp3) is 0.400. The Morgan fingerprint density at radius 3 is 2.65 bits per heavy atom. The number of carbonyl (C=O) groups excluding carboxylic acids is 1. The van der Waals surface area contributed by atoms with Crippen molar-refractivity contribution in [2.45, 2.75) is 32.2 Å². The lowest BCUT2D eigenvalue weighted by atomic mass is 10.1. The summed E-state index contributed by atoms with van der Waals surface area (Å²) in [6.45, 7) is 4.72. The Morgan fingerprint density at radius 2 is 2.00 bits per heavy atom. The summed E-state index contributed by atoms with van der Waals surface area (Å²) in [6, 6.07) is 3.87. The number of nitrogens with one attached hydrogen (secondary N) is 1. The average Bonchev–Trinajstić information content (AvgIpc) is 2.99. The van der Waals surface area contributed by atoms with Crippen molar-refractivity contribution < 1.29 is 4.79 Å². The van der Waals surface area contributed by atoms with E-state index in [0.29, 0.717) is 13.0 Å². The Bertz CT molecular complexity index is 534. The quantitative estimate of drug-likeness (QED) is 0.871. The number of imidazole rings is 1. The van der Waals surface area contributed by atoms with Crippen LogP contribution in [0, 0.1) is 0 Å². The number of hydrogen-bond acceptors (Lipinski definition) is 3. The van der Waals surface area contributed by atoms with Gasteiger partial charge in [0.1, 0.15) is 0 Å². The maximum Gasteiger partial charge on any atom is 0.220 e. The minimum absolute atomic E-state index is 0.0648. The molecule has 0 aliphatic heterocycles. The zero-order valence-corrected chi connectivity index (χ0v) is 11.9. The van der Waals surface area contributed by atoms with Gasteiger partial charge in [0.05, 0.1) is 11.9 Å². The molecule has 0 bridgehead atoms. The third-order valence-corrected chi connectivity index (χ3v) is 3.31. The first-order valence-corrected chi connectivity index (χ1v) is 6.72. The summed E-state index contributed by atoms with van der Waals surface area (Å²) in [7, 11) is 0. The SMILES string of the molecule is CC(C)(CNC(=O)CCc1ccncc1)n1ccnc1. The van der Waals surface area contributed by atoms with Crippen LogP contribution < -0.4 is 5.32 Å². The van der Waals surface area contributed by atoms with E-state index in [9.17, 15) is 4.79 Å². The van der Waals surface area contributed by atoms with Gasteiger partial charge in [-0.3, -0.25) is 9.78 Å². The van der Waals surface area contributed by atoms with Crippen molar-refractivity contribution in [1.82, 2.24) is 19.9 Å². The lowest BCUT2D eigenvalue weighted by molar-refractivity contribution is -0.121. The van der Waals surface area contributed by atoms with E-state index < -0.39 is 0 Å². The highest BCUT2D eigenvalue weighted by Gasteiger charge is 2.20. The molecule has 0 fully saturated rings. The zero-order valence-electron chi connectivity index (χ0n) is 11.9. The maximum atomic E-state index is 11.9. The molecule has 106 valence electrons. The first-order valence-electron chi connectivity index (χ1n) is 6.72. The van der Waals surface area contributed by atoms with Gasteiger partial charge in [-0.15, -0.1) is 0 Å². The molecule has 0 radical (unpaired) electrons. The zero-order chi connectivity index (χ0) is 14.4. The number of aryl methyl sites for hydroxylation is 1. The number of carbonyl (C=O) groups is 1. The highest BCUT2D eigenvalue weighted by Crippen LogP contribution is 2.12. The minimum atomic E-state index is -0.178. The highest BCUT2D eigenvalue weighted by atomic mass is 16.1. The second kappa shape index (κ2) is 6.32. The molecule has 20 heavy (non-hydrogen) atoms. The van der Waals surface area contributed by atoms with Crippen molar-refractivity contribution >= 4 is 5.91 Å². The molecule has 0 spiro atoms. The Morgan fingerprint density at radius 1 is 1.25 bits per heavy atom. The van der Waals surface area contributed by atoms with Crippen LogP contribution in [0.15, 0.2) is 43.2 Å². The fourth-order valence-corrected chi connectivity index (χ4v) is 1.92. The van der Waals surface area contributed by atoms with Gasteiger partial charge in [0.25, 0.3) is 0 Å². The molecule has 0 aliphatic rings. The van der Waals surface area contributed by atoms with Gasteiger partial charge in [0, 0.05) is 37.8 Å². The average molecular weight is 272 g/mol. The van der Waals surface area contributed by atoms with Crippen LogP contribution in [0.25, 0.3) is 0 Å². The molecule has 0 unspecified atom stereocenters. The summed E-state index contributed by atoms with van der Waals surface area (Å²) in [5, 5.41) is 2.98. The largest absolute Gasteiger partial charge is 0.354 e. The molecule has 0 saturated carbocycles. The molecule has 2 rings (SSSR count). The van der Waals surface area contributed by atoms with Crippen molar-refractivity contribution in [2.24, 2.45) is 0 Å². The van der Waals surface area contributed by atoms with Gasteiger partial charge in [0.2, 0.25) is 5.91 Å². The Balaban J connectivity index is 1.78. The van der Waals surface area contributed by atoms with Gasteiger partial charge in [-0.25, -0.2) is 4.98 Å². The molecular formula is C15H20N4O. The summed E-state index contributed by atoms with van der Waals surface area (Å²) in [5.41, 5.74) is 0.951. The summed E-state index contributed by atoms with van der Waals surface area (Å²) in [6.07, 6.45) is 10.1. The van der Waals surface area contributed by atoms with Crippen molar-refractivity contribution in [3.05, 3.63) is 48.8 Å². The van der Waals surface area contributed by atoms with Crippen LogP contribution in [0.4, 0.5) is 0 Å². The van der Waals surface area contributed by atoms with Crippen LogP contribution >= 0.6 is 0 Å². The van der Waals surface area contributed by atoms with Crippen LogP contribution in [0.5, 0.6) is 0 Å². The standard InChI is InChI=1S/C15H20N4O/c1-15(2,19-10-9-17-12-19)11-18-14(20)4-3-13-5-7-16-8-6-13/h5-10,12H,3-4,11H2,1-2H3,(H,18,20). The predicted octanol–water partition coefficient (Wildman–Crippen LogP) is 1.76. The first kappa shape index (κ1) is 14.2. The summed E-state index contributed by atoms with van der Waals surface area (Å²) >= 11 is 0. The van der Waals surface area contributed by atoms with Gasteiger partial charge in [0.15, 0.2) is 0 Å². The second-order valence-electron chi connectivity index (χ2n) is 5.41. The number of aromatic nitrogens is 3. The highest BCUT2D eigenvalue weighted by molar-refractivity contribution is 5.76. The molecule has 5 nitrogen and oxygen atoms in total. The predicted molar refractivity (Wildman–Crippen MR) is 77.1 cm³/mol. The second-order valence-corrected chi connectivity index (χ2v) is 5.41. The lowest BCUT2D eigenvalue weighted by Crippen LogP contribution is -2.40. The van der Waals surface area contributed by atoms with E-state index in [1.165, 1.54) is 0 Å². The van der Waals surface area contributed by atoms with E-state index in [0.717, 1.165) is 12.0 Å². The number of hydrogen-bond donors (Lipinski definition) is 1. The Labute approximate surface area is 119 Å². The minimum Gasteiger partial charge on any atom is -0.354 e. The Hall–Kier alpha value is -2.17. The van der Waals surface area contributed by atoms with Crippen LogP contribution in [-0.2, 0) is 16.8 Å². The molecule has 2 aromatic rings. The number of amides is 1. The van der Waals surface area contributed by atoms with Crippen molar-refractivity contribution in [3.8, 4) is 0 Å². The third-order valence-electron chi connectivity index (χ3n) is 3.31. The third kappa shape index (κ3) is 3.91. The van der Waals surface area contributed by atoms with Crippen LogP contribution in [0.2, 0.25) is 0 Å². The normalized spacial score (nSPS) is 11.3. The summed E-state index contributed by atoms with van der Waals surface area (Å²) in [5.74, 6) is 0.0648. The molecular weight excluding hydrogens is 252 g/mol. The van der Waals surface area contributed by atoms with Crippen LogP contribution in [-0.4, -0.2) is 27.0 Å². The first-order chi connectivity index (χ1) is 9.58. The monoisotopic (exact) mass is 272 g/mol. The van der Waals surface area contributed by atoms with E-state index in [-0.39, 0.29) is 11.4 Å². The lowest BCUT2D eigenvalue weighted by Gasteiger charge is -2.26. The van der Waals surface area contributed by atoms with Gasteiger partial charge in [-0.05, 0) is 38.0 Å². The van der Waals surface area contributed by atoms with E-state index in [1.807, 2.05) is 22.9 Å². The molecule has 2 heterocycles. The van der Waals surface area contributed by atoms with Gasteiger partial charge in [-0.2, -0.15) is 0 Å². The van der Waals surface area contributed by atoms with Gasteiger partial charge >= 0.3 is 0 Å². The van der Waals surface area contributed by atoms with E-state index in [1.54, 1.807) is 24.9 Å². The molecule has 0 atom stereocenters. The molecule has 5 heteroatoms. The van der Waals surface area contributed by atoms with Gasteiger partial charge < -0.3 is 9.88 Å². The molecule has 1 N–H and O–H groups in total. The summed E-state index contributed by atoms with van der Waals surface area (Å²) in [4.78, 5) is 19.9. The van der Waals surface area contributed by atoms with Crippen LogP contribution in [0.1, 0.15) is 25.8 Å². The number of rotatable bonds is 6. The van der Waals surface area contributed by atoms with Crippen molar-refractivity contribution in [3.63, 3.8) is 0 Å². The molecule has 1 amide bonds. The molecule has 2 aromatic heterocycles. The van der Waals surface area contributed by atoms with E-state index in [4.69, 9.17) is 0 Å². The summed E-state index contributed by atoms with van der Waals surface area (Å²) < 4.78 is 2.00. The number of nitrogens with zero attached hydrogens (tertiary/aromatic N) is 3. The molecule has 0 saturated heterocycles. The van der Waals surface area contributed by atoms with Gasteiger partial charge in [-0.1, -0.05) is 0 Å². The Kier molecular flexibility index (Phi) is 4.50. The topological polar surface area (TPSA) is 59.8 Å². The smallest absolute Gasteiger partial charge is 0.220 e. The van der Waals surface area contributed by atoms with Crippen molar-refractivity contribution in [2.75, 3.05) is 6.54 Å². The number of pyridine rings is 1. The van der Waals surface area contributed by atoms with Crippen molar-refractivity contribution in [1.29, 1.82) is 0 Å². The van der Waals surface area contributed by atoms with E-state index in [2.05, 4.69) is 29.1 Å². The van der Waals surface area contributed by atoms with Crippen LogP contribution in [0.3, 0.4) is 0 Å². The molecule has 0 aliphatic carbocycles. The van der Waals surface area contributed by atoms with E-state index >= 15 is 0 Å². The fourth-order valence-electron chi connectivity index (χ4n) is 1.92.